The van der Waals surface area contributed by atoms with Crippen molar-refractivity contribution in [1.82, 2.24) is 0 Å². The van der Waals surface area contributed by atoms with Crippen molar-refractivity contribution in [1.29, 1.82) is 0 Å². The molecule has 1 saturated heterocycles. The number of carbonyl (C=O) groups excluding carboxylic acids is 2. The first-order valence-electron chi connectivity index (χ1n) is 10.2. The normalized spacial score (nSPS) is 24.3. The standard InChI is InChI=1S/C23H26O11/c1-30-13-4-11(5-14(8-13)31-2)18(25)19(26)12-6-15(32-3)9-16(7-12)33-23-22(29)21(28)20(27)17(10-24)34-23/h4-9,17,20-24,27-29H,10H2,1-3H3/t17-,20-,21+,22-,23-/m1/s1. The Morgan fingerprint density at radius 3 is 1.62 bits per heavy atom. The Morgan fingerprint density at radius 1 is 0.735 bits per heavy atom. The highest BCUT2D eigenvalue weighted by Crippen LogP contribution is 2.29. The van der Waals surface area contributed by atoms with Crippen LogP contribution in [0.3, 0.4) is 0 Å². The Labute approximate surface area is 195 Å². The molecule has 5 atom stereocenters. The zero-order valence-electron chi connectivity index (χ0n) is 18.7. The summed E-state index contributed by atoms with van der Waals surface area (Å²) in [6.07, 6.45) is -7.52. The summed E-state index contributed by atoms with van der Waals surface area (Å²) >= 11 is 0. The van der Waals surface area contributed by atoms with E-state index < -0.39 is 48.9 Å². The van der Waals surface area contributed by atoms with Crippen LogP contribution in [0.1, 0.15) is 20.7 Å². The van der Waals surface area contributed by atoms with Crippen LogP contribution < -0.4 is 18.9 Å². The Kier molecular flexibility index (Phi) is 8.07. The molecule has 0 saturated carbocycles. The average molecular weight is 478 g/mol. The van der Waals surface area contributed by atoms with Crippen LogP contribution in [0.25, 0.3) is 0 Å². The van der Waals surface area contributed by atoms with E-state index in [0.717, 1.165) is 0 Å². The van der Waals surface area contributed by atoms with E-state index in [-0.39, 0.29) is 22.6 Å². The molecule has 184 valence electrons. The highest BCUT2D eigenvalue weighted by Gasteiger charge is 2.44. The van der Waals surface area contributed by atoms with Gasteiger partial charge in [0.1, 0.15) is 47.4 Å². The van der Waals surface area contributed by atoms with Gasteiger partial charge in [0.15, 0.2) is 0 Å². The number of aliphatic hydroxyl groups is 4. The summed E-state index contributed by atoms with van der Waals surface area (Å²) < 4.78 is 26.4. The van der Waals surface area contributed by atoms with Gasteiger partial charge in [0.05, 0.1) is 27.9 Å². The smallest absolute Gasteiger partial charge is 0.233 e. The molecule has 0 aromatic heterocycles. The maximum absolute atomic E-state index is 13.0. The van der Waals surface area contributed by atoms with Crippen LogP contribution in [0.15, 0.2) is 36.4 Å². The van der Waals surface area contributed by atoms with Crippen molar-refractivity contribution in [2.24, 2.45) is 0 Å². The fourth-order valence-electron chi connectivity index (χ4n) is 3.39. The largest absolute Gasteiger partial charge is 0.497 e. The van der Waals surface area contributed by atoms with Crippen LogP contribution in [0.2, 0.25) is 0 Å². The molecule has 2 aromatic carbocycles. The average Bonchev–Trinajstić information content (AvgIpc) is 2.87. The van der Waals surface area contributed by atoms with Gasteiger partial charge in [-0.05, 0) is 24.3 Å². The predicted octanol–water partition coefficient (Wildman–Crippen LogP) is -0.0433. The van der Waals surface area contributed by atoms with Crippen molar-refractivity contribution in [2.75, 3.05) is 27.9 Å². The minimum absolute atomic E-state index is 0.0250. The second-order valence-electron chi connectivity index (χ2n) is 7.47. The van der Waals surface area contributed by atoms with E-state index in [1.54, 1.807) is 6.07 Å². The molecule has 0 aliphatic carbocycles. The molecule has 1 aliphatic heterocycles. The quantitative estimate of drug-likeness (QED) is 0.283. The number of carbonyl (C=O) groups is 2. The zero-order valence-corrected chi connectivity index (χ0v) is 18.7. The second kappa shape index (κ2) is 10.8. The van der Waals surface area contributed by atoms with Crippen LogP contribution >= 0.6 is 0 Å². The number of methoxy groups -OCH3 is 3. The van der Waals surface area contributed by atoms with Crippen molar-refractivity contribution < 1.29 is 53.7 Å². The lowest BCUT2D eigenvalue weighted by Gasteiger charge is -2.39. The molecule has 4 N–H and O–H groups in total. The van der Waals surface area contributed by atoms with Gasteiger partial charge in [0, 0.05) is 23.3 Å². The fourth-order valence-corrected chi connectivity index (χ4v) is 3.39. The first-order valence-corrected chi connectivity index (χ1v) is 10.2. The van der Waals surface area contributed by atoms with Crippen LogP contribution in [-0.2, 0) is 4.74 Å². The maximum Gasteiger partial charge on any atom is 0.233 e. The van der Waals surface area contributed by atoms with Gasteiger partial charge in [-0.1, -0.05) is 0 Å². The first-order chi connectivity index (χ1) is 16.2. The topological polar surface area (TPSA) is 161 Å². The lowest BCUT2D eigenvalue weighted by Crippen LogP contribution is -2.60. The van der Waals surface area contributed by atoms with Crippen LogP contribution in [0.4, 0.5) is 0 Å². The highest BCUT2D eigenvalue weighted by molar-refractivity contribution is 6.49. The van der Waals surface area contributed by atoms with E-state index in [9.17, 15) is 30.0 Å². The minimum atomic E-state index is -1.66. The van der Waals surface area contributed by atoms with Crippen LogP contribution in [0, 0.1) is 0 Å². The molecule has 2 aromatic rings. The van der Waals surface area contributed by atoms with Gasteiger partial charge >= 0.3 is 0 Å². The summed E-state index contributed by atoms with van der Waals surface area (Å²) in [6.45, 7) is -0.634. The number of benzene rings is 2. The Morgan fingerprint density at radius 2 is 1.18 bits per heavy atom. The lowest BCUT2D eigenvalue weighted by molar-refractivity contribution is -0.277. The molecule has 34 heavy (non-hydrogen) atoms. The van der Waals surface area contributed by atoms with E-state index in [0.29, 0.717) is 11.5 Å². The maximum atomic E-state index is 13.0. The number of hydrogen-bond donors (Lipinski definition) is 4. The molecule has 3 rings (SSSR count). The molecule has 0 amide bonds. The van der Waals surface area contributed by atoms with E-state index in [1.165, 1.54) is 51.7 Å². The molecule has 0 spiro atoms. The molecule has 0 bridgehead atoms. The summed E-state index contributed by atoms with van der Waals surface area (Å²) in [4.78, 5) is 25.9. The zero-order chi connectivity index (χ0) is 25.0. The molecule has 1 heterocycles. The van der Waals surface area contributed by atoms with Gasteiger partial charge in [-0.15, -0.1) is 0 Å². The number of hydrogen-bond acceptors (Lipinski definition) is 11. The number of aliphatic hydroxyl groups excluding tert-OH is 4. The third-order valence-corrected chi connectivity index (χ3v) is 5.30. The van der Waals surface area contributed by atoms with Gasteiger partial charge in [-0.2, -0.15) is 0 Å². The Balaban J connectivity index is 1.89. The van der Waals surface area contributed by atoms with Crippen molar-refractivity contribution in [3.8, 4) is 23.0 Å². The number of ketones is 2. The number of Topliss-reactive ketones (excluding diaryl/α,β-unsaturated/α-hetero) is 2. The van der Waals surface area contributed by atoms with E-state index in [4.69, 9.17) is 23.7 Å². The summed E-state index contributed by atoms with van der Waals surface area (Å²) in [6, 6.07) is 8.29. The lowest BCUT2D eigenvalue weighted by atomic mass is 9.99. The van der Waals surface area contributed by atoms with Crippen LogP contribution in [0.5, 0.6) is 23.0 Å². The second-order valence-corrected chi connectivity index (χ2v) is 7.47. The third kappa shape index (κ3) is 5.29. The summed E-state index contributed by atoms with van der Waals surface area (Å²) in [5.41, 5.74) is -0.0360. The van der Waals surface area contributed by atoms with Crippen molar-refractivity contribution in [2.45, 2.75) is 30.7 Å². The van der Waals surface area contributed by atoms with Gasteiger partial charge in [-0.3, -0.25) is 9.59 Å². The number of rotatable bonds is 9. The molecular formula is C23H26O11. The van der Waals surface area contributed by atoms with E-state index >= 15 is 0 Å². The molecule has 0 unspecified atom stereocenters. The van der Waals surface area contributed by atoms with Crippen molar-refractivity contribution >= 4 is 11.6 Å². The van der Waals surface area contributed by atoms with E-state index in [1.807, 2.05) is 0 Å². The van der Waals surface area contributed by atoms with E-state index in [2.05, 4.69) is 0 Å². The third-order valence-electron chi connectivity index (χ3n) is 5.30. The summed E-state index contributed by atoms with van der Waals surface area (Å²) in [7, 11) is 4.17. The minimum Gasteiger partial charge on any atom is -0.497 e. The molecule has 1 fully saturated rings. The molecule has 11 nitrogen and oxygen atoms in total. The molecule has 0 radical (unpaired) electrons. The highest BCUT2D eigenvalue weighted by atomic mass is 16.7. The molecular weight excluding hydrogens is 452 g/mol. The monoisotopic (exact) mass is 478 g/mol. The Bertz CT molecular complexity index is 1010. The first kappa shape index (κ1) is 25.4. The number of ether oxygens (including phenoxy) is 5. The molecule has 11 heteroatoms. The van der Waals surface area contributed by atoms with Gasteiger partial charge in [-0.25, -0.2) is 0 Å². The van der Waals surface area contributed by atoms with Crippen molar-refractivity contribution in [3.05, 3.63) is 47.5 Å². The van der Waals surface area contributed by atoms with Crippen LogP contribution in [-0.4, -0.2) is 90.6 Å². The van der Waals surface area contributed by atoms with Crippen molar-refractivity contribution in [3.63, 3.8) is 0 Å². The van der Waals surface area contributed by atoms with Gasteiger partial charge in [0.2, 0.25) is 17.9 Å². The van der Waals surface area contributed by atoms with Gasteiger partial charge < -0.3 is 44.1 Å². The summed E-state index contributed by atoms with van der Waals surface area (Å²) in [5.74, 6) is -0.929. The Hall–Kier alpha value is -3.22. The predicted molar refractivity (Wildman–Crippen MR) is 116 cm³/mol. The SMILES string of the molecule is COc1cc(OC)cc(C(=O)C(=O)c2cc(OC)cc(O[C@@H]3O[C@H](CO)[C@@H](O)[C@H](O)[C@H]3O)c2)c1. The fraction of sp³-hybridized carbons (Fsp3) is 0.391. The van der Waals surface area contributed by atoms with Gasteiger partial charge in [0.25, 0.3) is 0 Å². The molecule has 1 aliphatic rings. The summed E-state index contributed by atoms with van der Waals surface area (Å²) in [5, 5.41) is 39.4.